The van der Waals surface area contributed by atoms with Gasteiger partial charge in [0.15, 0.2) is 0 Å². The first-order chi connectivity index (χ1) is 10.1. The number of likely N-dealkylation sites (N-methyl/N-ethyl adjacent to an activating group) is 1. The zero-order valence-corrected chi connectivity index (χ0v) is 12.7. The molecule has 2 N–H and O–H groups in total. The topological polar surface area (TPSA) is 78.1 Å². The van der Waals surface area contributed by atoms with Crippen molar-refractivity contribution in [2.24, 2.45) is 0 Å². The van der Waals surface area contributed by atoms with E-state index in [4.69, 9.17) is 0 Å². The summed E-state index contributed by atoms with van der Waals surface area (Å²) in [4.78, 5) is 33.0. The maximum Gasteiger partial charge on any atom is 0.268 e. The molecule has 21 heavy (non-hydrogen) atoms. The summed E-state index contributed by atoms with van der Waals surface area (Å²) in [5, 5.41) is 5.09. The van der Waals surface area contributed by atoms with Gasteiger partial charge in [0, 0.05) is 7.05 Å². The van der Waals surface area contributed by atoms with E-state index in [9.17, 15) is 9.59 Å². The van der Waals surface area contributed by atoms with Crippen LogP contribution in [0.3, 0.4) is 0 Å². The second-order valence-electron chi connectivity index (χ2n) is 5.34. The summed E-state index contributed by atoms with van der Waals surface area (Å²) in [5.74, 6) is 0.584. The monoisotopic (exact) mass is 306 g/mol. The number of fused-ring (bicyclic) bond motifs is 1. The van der Waals surface area contributed by atoms with Crippen LogP contribution in [0.15, 0.2) is 16.2 Å². The summed E-state index contributed by atoms with van der Waals surface area (Å²) in [6.45, 7) is 1.21. The second-order valence-corrected chi connectivity index (χ2v) is 6.26. The first-order valence-electron chi connectivity index (χ1n) is 7.10. The second kappa shape index (κ2) is 5.95. The number of rotatable bonds is 3. The van der Waals surface area contributed by atoms with Gasteiger partial charge >= 0.3 is 0 Å². The van der Waals surface area contributed by atoms with Gasteiger partial charge in [-0.25, -0.2) is 4.98 Å². The van der Waals surface area contributed by atoms with E-state index >= 15 is 0 Å². The fraction of sp³-hybridized carbons (Fsp3) is 0.500. The van der Waals surface area contributed by atoms with Crippen LogP contribution in [0.2, 0.25) is 0 Å². The number of aromatic amines is 1. The van der Waals surface area contributed by atoms with Crippen LogP contribution in [0.1, 0.15) is 25.1 Å². The Morgan fingerprint density at radius 2 is 2.38 bits per heavy atom. The maximum atomic E-state index is 12.3. The molecule has 0 saturated carbocycles. The predicted molar refractivity (Wildman–Crippen MR) is 82.4 cm³/mol. The third-order valence-corrected chi connectivity index (χ3v) is 4.64. The number of carbonyl (C=O) groups excluding carboxylic acids is 1. The fourth-order valence-corrected chi connectivity index (χ4v) is 3.35. The zero-order valence-electron chi connectivity index (χ0n) is 11.9. The lowest BCUT2D eigenvalue weighted by Crippen LogP contribution is -2.47. The van der Waals surface area contributed by atoms with E-state index in [0.717, 1.165) is 25.8 Å². The molecule has 1 aliphatic heterocycles. The van der Waals surface area contributed by atoms with Crippen molar-refractivity contribution >= 4 is 27.5 Å². The van der Waals surface area contributed by atoms with Crippen molar-refractivity contribution in [2.75, 3.05) is 13.6 Å². The van der Waals surface area contributed by atoms with Gasteiger partial charge in [0.1, 0.15) is 10.5 Å². The van der Waals surface area contributed by atoms with Gasteiger partial charge in [-0.1, -0.05) is 6.42 Å². The number of nitrogens with one attached hydrogen (secondary N) is 2. The Labute approximate surface area is 126 Å². The van der Waals surface area contributed by atoms with Crippen LogP contribution in [-0.4, -0.2) is 40.4 Å². The van der Waals surface area contributed by atoms with Crippen molar-refractivity contribution in [1.82, 2.24) is 20.2 Å². The van der Waals surface area contributed by atoms with E-state index in [1.165, 1.54) is 11.3 Å². The molecule has 0 bridgehead atoms. The minimum atomic E-state index is -0.137. The van der Waals surface area contributed by atoms with Gasteiger partial charge in [0.05, 0.1) is 18.1 Å². The molecule has 7 heteroatoms. The molecule has 1 atom stereocenters. The van der Waals surface area contributed by atoms with Gasteiger partial charge in [0.2, 0.25) is 5.91 Å². The molecular formula is C14H18N4O2S. The Morgan fingerprint density at radius 1 is 1.52 bits per heavy atom. The lowest BCUT2D eigenvalue weighted by atomic mass is 10.0. The third-order valence-electron chi connectivity index (χ3n) is 3.74. The smallest absolute Gasteiger partial charge is 0.268 e. The average molecular weight is 306 g/mol. The Bertz CT molecular complexity index is 702. The highest BCUT2D eigenvalue weighted by molar-refractivity contribution is 7.17. The largest absolute Gasteiger partial charge is 0.337 e. The number of aromatic nitrogens is 2. The van der Waals surface area contributed by atoms with Crippen LogP contribution in [0.5, 0.6) is 0 Å². The van der Waals surface area contributed by atoms with Gasteiger partial charge in [-0.15, -0.1) is 11.3 Å². The lowest BCUT2D eigenvalue weighted by molar-refractivity contribution is -0.133. The van der Waals surface area contributed by atoms with Gasteiger partial charge in [-0.05, 0) is 30.8 Å². The summed E-state index contributed by atoms with van der Waals surface area (Å²) in [6, 6.07) is 1.71. The Morgan fingerprint density at radius 3 is 3.14 bits per heavy atom. The molecule has 1 aliphatic rings. The molecule has 3 rings (SSSR count). The average Bonchev–Trinajstić information content (AvgIpc) is 2.96. The van der Waals surface area contributed by atoms with E-state index in [-0.39, 0.29) is 17.5 Å². The van der Waals surface area contributed by atoms with Crippen molar-refractivity contribution in [1.29, 1.82) is 0 Å². The van der Waals surface area contributed by atoms with Gasteiger partial charge in [-0.2, -0.15) is 0 Å². The van der Waals surface area contributed by atoms with Crippen LogP contribution in [0.4, 0.5) is 0 Å². The first kappa shape index (κ1) is 14.2. The molecule has 6 nitrogen and oxygen atoms in total. The minimum absolute atomic E-state index is 0.0581. The molecule has 112 valence electrons. The first-order valence-corrected chi connectivity index (χ1v) is 7.98. The number of H-pyrrole nitrogens is 1. The molecule has 2 aromatic heterocycles. The van der Waals surface area contributed by atoms with Gasteiger partial charge in [-0.3, -0.25) is 9.59 Å². The maximum absolute atomic E-state index is 12.3. The highest BCUT2D eigenvalue weighted by Gasteiger charge is 2.24. The van der Waals surface area contributed by atoms with E-state index in [0.29, 0.717) is 22.6 Å². The number of hydrogen-bond donors (Lipinski definition) is 2. The van der Waals surface area contributed by atoms with Crippen LogP contribution < -0.4 is 10.9 Å². The molecule has 0 unspecified atom stereocenters. The number of amides is 1. The number of hydrogen-bond acceptors (Lipinski definition) is 5. The van der Waals surface area contributed by atoms with Crippen LogP contribution in [0.25, 0.3) is 10.2 Å². The lowest BCUT2D eigenvalue weighted by Gasteiger charge is -2.27. The highest BCUT2D eigenvalue weighted by atomic mass is 32.1. The highest BCUT2D eigenvalue weighted by Crippen LogP contribution is 2.14. The molecular weight excluding hydrogens is 288 g/mol. The van der Waals surface area contributed by atoms with Crippen molar-refractivity contribution in [3.63, 3.8) is 0 Å². The van der Waals surface area contributed by atoms with Gasteiger partial charge in [0.25, 0.3) is 5.56 Å². The molecule has 0 radical (unpaired) electrons. The van der Waals surface area contributed by atoms with Crippen molar-refractivity contribution in [2.45, 2.75) is 31.8 Å². The predicted octanol–water partition coefficient (Wildman–Crippen LogP) is 1.09. The summed E-state index contributed by atoms with van der Waals surface area (Å²) in [5.41, 5.74) is 0.553. The molecule has 0 aromatic carbocycles. The molecule has 3 heterocycles. The standard InChI is InChI=1S/C14H18N4O2S/c1-18(14(20)10-4-2-3-6-15-10)8-11-16-9-5-7-21-12(9)13(19)17-11/h5,7,10,15H,2-4,6,8H2,1H3,(H,16,17,19)/t10-/m1/s1. The summed E-state index contributed by atoms with van der Waals surface area (Å²) < 4.78 is 0.627. The van der Waals surface area contributed by atoms with E-state index < -0.39 is 0 Å². The fourth-order valence-electron chi connectivity index (χ4n) is 2.63. The number of thiophene rings is 1. The summed E-state index contributed by atoms with van der Waals surface area (Å²) in [7, 11) is 1.75. The van der Waals surface area contributed by atoms with Crippen molar-refractivity contribution in [3.05, 3.63) is 27.6 Å². The molecule has 0 spiro atoms. The van der Waals surface area contributed by atoms with Crippen LogP contribution in [0, 0.1) is 0 Å². The number of nitrogens with zero attached hydrogens (tertiary/aromatic N) is 2. The van der Waals surface area contributed by atoms with E-state index in [1.54, 1.807) is 11.9 Å². The number of piperidine rings is 1. The van der Waals surface area contributed by atoms with Crippen molar-refractivity contribution in [3.8, 4) is 0 Å². The normalized spacial score (nSPS) is 18.8. The number of carbonyl (C=O) groups is 1. The Hall–Kier alpha value is -1.73. The summed E-state index contributed by atoms with van der Waals surface area (Å²) >= 11 is 1.37. The Kier molecular flexibility index (Phi) is 4.03. The minimum Gasteiger partial charge on any atom is -0.337 e. The Balaban J connectivity index is 1.74. The zero-order chi connectivity index (χ0) is 14.8. The van der Waals surface area contributed by atoms with Crippen molar-refractivity contribution < 1.29 is 4.79 Å². The molecule has 1 amide bonds. The van der Waals surface area contributed by atoms with E-state index in [2.05, 4.69) is 15.3 Å². The van der Waals surface area contributed by atoms with Gasteiger partial charge < -0.3 is 15.2 Å². The third kappa shape index (κ3) is 2.98. The molecule has 1 fully saturated rings. The van der Waals surface area contributed by atoms with Crippen LogP contribution >= 0.6 is 11.3 Å². The van der Waals surface area contributed by atoms with Crippen LogP contribution in [-0.2, 0) is 11.3 Å². The molecule has 1 saturated heterocycles. The molecule has 0 aliphatic carbocycles. The van der Waals surface area contributed by atoms with E-state index in [1.807, 2.05) is 11.4 Å². The SMILES string of the molecule is CN(Cc1nc2ccsc2c(=O)[nH]1)C(=O)[C@H]1CCCCN1. The molecule has 2 aromatic rings. The quantitative estimate of drug-likeness (QED) is 0.889. The summed E-state index contributed by atoms with van der Waals surface area (Å²) in [6.07, 6.45) is 3.07.